The zero-order valence-corrected chi connectivity index (χ0v) is 17.9. The molecule has 0 spiro atoms. The van der Waals surface area contributed by atoms with Gasteiger partial charge in [-0.25, -0.2) is 9.78 Å². The van der Waals surface area contributed by atoms with Crippen LogP contribution in [0.3, 0.4) is 0 Å². The molecule has 1 atom stereocenters. The molecular weight excluding hydrogens is 441 g/mol. The summed E-state index contributed by atoms with van der Waals surface area (Å²) in [7, 11) is 1.47. The van der Waals surface area contributed by atoms with Crippen LogP contribution in [0.15, 0.2) is 30.6 Å². The first-order valence-electron chi connectivity index (χ1n) is 10.4. The molecule has 4 heterocycles. The zero-order chi connectivity index (χ0) is 23.8. The Morgan fingerprint density at radius 1 is 1.27 bits per heavy atom. The van der Waals surface area contributed by atoms with Gasteiger partial charge in [0, 0.05) is 44.3 Å². The third-order valence-corrected chi connectivity index (χ3v) is 5.76. The molecule has 2 amide bonds. The lowest BCUT2D eigenvalue weighted by Gasteiger charge is -2.34. The van der Waals surface area contributed by atoms with Crippen LogP contribution in [0.1, 0.15) is 23.2 Å². The van der Waals surface area contributed by atoms with Crippen molar-refractivity contribution in [3.8, 4) is 5.75 Å². The number of piperidine rings is 1. The van der Waals surface area contributed by atoms with E-state index in [0.717, 1.165) is 4.57 Å². The lowest BCUT2D eigenvalue weighted by atomic mass is 9.97. The predicted octanol–water partition coefficient (Wildman–Crippen LogP) is 2.50. The second-order valence-electron chi connectivity index (χ2n) is 7.87. The Morgan fingerprint density at radius 3 is 2.76 bits per heavy atom. The van der Waals surface area contributed by atoms with Gasteiger partial charge < -0.3 is 19.9 Å². The van der Waals surface area contributed by atoms with E-state index in [2.05, 4.69) is 10.3 Å². The van der Waals surface area contributed by atoms with E-state index in [0.29, 0.717) is 23.8 Å². The Morgan fingerprint density at radius 2 is 2.06 bits per heavy atom. The number of amides is 2. The first-order chi connectivity index (χ1) is 15.7. The van der Waals surface area contributed by atoms with Crippen molar-refractivity contribution >= 4 is 23.4 Å². The minimum atomic E-state index is -4.33. The fourth-order valence-electron chi connectivity index (χ4n) is 4.03. The van der Waals surface area contributed by atoms with Crippen molar-refractivity contribution in [3.63, 3.8) is 0 Å². The van der Waals surface area contributed by atoms with Gasteiger partial charge in [-0.15, -0.1) is 0 Å². The van der Waals surface area contributed by atoms with E-state index >= 15 is 0 Å². The smallest absolute Gasteiger partial charge is 0.393 e. The van der Waals surface area contributed by atoms with E-state index in [1.54, 1.807) is 11.0 Å². The van der Waals surface area contributed by atoms with Crippen molar-refractivity contribution in [1.29, 1.82) is 5.41 Å². The summed E-state index contributed by atoms with van der Waals surface area (Å²) in [5.41, 5.74) is 0.737. The third kappa shape index (κ3) is 4.50. The van der Waals surface area contributed by atoms with Crippen molar-refractivity contribution in [2.75, 3.05) is 38.2 Å². The number of rotatable bonds is 2. The summed E-state index contributed by atoms with van der Waals surface area (Å²) in [5, 5.41) is 10.6. The van der Waals surface area contributed by atoms with Crippen molar-refractivity contribution < 1.29 is 27.5 Å². The standard InChI is InChI=1S/C21H23F3N6O3/c1-26-20(32)30-6-4-15(10-17(30)25)29-7-8-33-16-9-13(11-27-18(16)29)19(31)28-5-2-3-14(12-28)21(22,23)24/h4,6,9-11,14,25H,2-3,5,7-8,12H2,1H3,(H,26,32). The van der Waals surface area contributed by atoms with Gasteiger partial charge in [0.15, 0.2) is 11.6 Å². The number of hydrogen-bond donors (Lipinski definition) is 2. The number of pyridine rings is 2. The number of nitrogens with one attached hydrogen (secondary N) is 2. The van der Waals surface area contributed by atoms with Crippen LogP contribution in [-0.2, 0) is 0 Å². The summed E-state index contributed by atoms with van der Waals surface area (Å²) in [5.74, 6) is -1.30. The van der Waals surface area contributed by atoms with Crippen molar-refractivity contribution in [2.24, 2.45) is 5.92 Å². The number of carbonyl (C=O) groups excluding carboxylic acids is 2. The molecular formula is C21H23F3N6O3. The monoisotopic (exact) mass is 464 g/mol. The highest BCUT2D eigenvalue weighted by Crippen LogP contribution is 2.36. The predicted molar refractivity (Wildman–Crippen MR) is 112 cm³/mol. The highest BCUT2D eigenvalue weighted by molar-refractivity contribution is 5.95. The zero-order valence-electron chi connectivity index (χ0n) is 17.9. The Kier molecular flexibility index (Phi) is 6.00. The molecule has 9 nitrogen and oxygen atoms in total. The van der Waals surface area contributed by atoms with Gasteiger partial charge in [0.25, 0.3) is 5.91 Å². The van der Waals surface area contributed by atoms with Crippen molar-refractivity contribution in [1.82, 2.24) is 19.8 Å². The molecule has 0 saturated carbocycles. The van der Waals surface area contributed by atoms with Crippen LogP contribution in [0.4, 0.5) is 29.5 Å². The number of carbonyl (C=O) groups is 2. The number of nitrogens with zero attached hydrogens (tertiary/aromatic N) is 4. The van der Waals surface area contributed by atoms with E-state index in [-0.39, 0.29) is 43.6 Å². The van der Waals surface area contributed by atoms with E-state index in [9.17, 15) is 22.8 Å². The van der Waals surface area contributed by atoms with Crippen LogP contribution in [0.2, 0.25) is 0 Å². The van der Waals surface area contributed by atoms with Gasteiger partial charge in [-0.1, -0.05) is 0 Å². The molecule has 0 aliphatic carbocycles. The first kappa shape index (κ1) is 22.6. The molecule has 1 saturated heterocycles. The second-order valence-corrected chi connectivity index (χ2v) is 7.87. The van der Waals surface area contributed by atoms with E-state index in [1.165, 1.54) is 36.5 Å². The summed E-state index contributed by atoms with van der Waals surface area (Å²) in [6.07, 6.45) is -1.23. The lowest BCUT2D eigenvalue weighted by Crippen LogP contribution is -2.44. The Bertz CT molecular complexity index is 1130. The van der Waals surface area contributed by atoms with Gasteiger partial charge in [-0.2, -0.15) is 13.2 Å². The summed E-state index contributed by atoms with van der Waals surface area (Å²) in [4.78, 5) is 32.0. The molecule has 0 aromatic carbocycles. The summed E-state index contributed by atoms with van der Waals surface area (Å²) < 4.78 is 46.2. The van der Waals surface area contributed by atoms with E-state index < -0.39 is 24.0 Å². The van der Waals surface area contributed by atoms with Gasteiger partial charge in [0.1, 0.15) is 12.1 Å². The summed E-state index contributed by atoms with van der Waals surface area (Å²) in [6.45, 7) is 0.602. The van der Waals surface area contributed by atoms with Crippen molar-refractivity contribution in [3.05, 3.63) is 41.6 Å². The second kappa shape index (κ2) is 8.75. The average molecular weight is 464 g/mol. The van der Waals surface area contributed by atoms with Gasteiger partial charge in [0.2, 0.25) is 0 Å². The molecule has 176 valence electrons. The van der Waals surface area contributed by atoms with Gasteiger partial charge in [0.05, 0.1) is 18.0 Å². The summed E-state index contributed by atoms with van der Waals surface area (Å²) in [6, 6.07) is 4.22. The normalized spacial score (nSPS) is 18.4. The quantitative estimate of drug-likeness (QED) is 0.711. The maximum absolute atomic E-state index is 13.1. The lowest BCUT2D eigenvalue weighted by molar-refractivity contribution is -0.184. The molecule has 12 heteroatoms. The first-order valence-corrected chi connectivity index (χ1v) is 10.4. The molecule has 0 bridgehead atoms. The maximum Gasteiger partial charge on any atom is 0.393 e. The van der Waals surface area contributed by atoms with Gasteiger partial charge in [-0.3, -0.25) is 14.8 Å². The molecule has 2 aromatic rings. The number of alkyl halides is 3. The van der Waals surface area contributed by atoms with Crippen LogP contribution in [0.5, 0.6) is 5.75 Å². The van der Waals surface area contributed by atoms with Crippen LogP contribution in [0, 0.1) is 11.3 Å². The molecule has 2 N–H and O–H groups in total. The highest BCUT2D eigenvalue weighted by Gasteiger charge is 2.43. The largest absolute Gasteiger partial charge is 0.488 e. The fourth-order valence-corrected chi connectivity index (χ4v) is 4.03. The molecule has 2 aromatic heterocycles. The van der Waals surface area contributed by atoms with Crippen LogP contribution in [-0.4, -0.2) is 65.9 Å². The minimum Gasteiger partial charge on any atom is -0.488 e. The minimum absolute atomic E-state index is 0.0166. The topological polar surface area (TPSA) is 104 Å². The molecule has 33 heavy (non-hydrogen) atoms. The Balaban J connectivity index is 1.58. The Hall–Kier alpha value is -3.57. The maximum atomic E-state index is 13.1. The number of aromatic nitrogens is 2. The summed E-state index contributed by atoms with van der Waals surface area (Å²) >= 11 is 0. The van der Waals surface area contributed by atoms with E-state index in [4.69, 9.17) is 10.1 Å². The van der Waals surface area contributed by atoms with Crippen LogP contribution in [0.25, 0.3) is 0 Å². The van der Waals surface area contributed by atoms with Gasteiger partial charge in [-0.05, 0) is 25.0 Å². The number of hydrogen-bond acceptors (Lipinski definition) is 6. The molecule has 1 unspecified atom stereocenters. The van der Waals surface area contributed by atoms with Gasteiger partial charge >= 0.3 is 12.2 Å². The Labute approximate surface area is 187 Å². The number of fused-ring (bicyclic) bond motifs is 1. The van der Waals surface area contributed by atoms with Crippen LogP contribution >= 0.6 is 0 Å². The van der Waals surface area contributed by atoms with Crippen molar-refractivity contribution in [2.45, 2.75) is 19.0 Å². The molecule has 2 aliphatic rings. The average Bonchev–Trinajstić information content (AvgIpc) is 2.81. The van der Waals surface area contributed by atoms with E-state index in [1.807, 2.05) is 0 Å². The molecule has 2 aliphatic heterocycles. The molecule has 1 fully saturated rings. The SMILES string of the molecule is CNC(=O)n1ccc(N2CCOc3cc(C(=O)N4CCCC(C(F)(F)F)C4)cnc32)cc1=N. The highest BCUT2D eigenvalue weighted by atomic mass is 19.4. The number of halogens is 3. The number of likely N-dealkylation sites (tertiary alicyclic amines) is 1. The number of ether oxygens (including phenoxy) is 1. The fraction of sp³-hybridized carbons (Fsp3) is 0.429. The third-order valence-electron chi connectivity index (χ3n) is 5.76. The number of anilines is 2. The molecule has 4 rings (SSSR count). The molecule has 0 radical (unpaired) electrons. The van der Waals surface area contributed by atoms with Crippen LogP contribution < -0.4 is 20.4 Å².